The van der Waals surface area contributed by atoms with Crippen LogP contribution in [0.15, 0.2) is 35.7 Å². The predicted octanol–water partition coefficient (Wildman–Crippen LogP) is 2.07. The van der Waals surface area contributed by atoms with Crippen LogP contribution in [-0.4, -0.2) is 56.4 Å². The zero-order chi connectivity index (χ0) is 21.8. The van der Waals surface area contributed by atoms with Crippen molar-refractivity contribution < 1.29 is 19.1 Å². The first-order valence-electron chi connectivity index (χ1n) is 10.1. The van der Waals surface area contributed by atoms with Gasteiger partial charge in [0.15, 0.2) is 6.61 Å². The SMILES string of the molecule is CCC(=O)N1CCCC(C(=O)OCC(=O)C(C#N)=C2N(C)c3ccccc3N2C)C1. The number of para-hydroxylation sites is 2. The average Bonchev–Trinajstić information content (AvgIpc) is 3.03. The number of Topliss-reactive ketones (excluding diaryl/α,β-unsaturated/α-hetero) is 1. The van der Waals surface area contributed by atoms with Crippen molar-refractivity contribution in [1.29, 1.82) is 5.26 Å². The fourth-order valence-electron chi connectivity index (χ4n) is 4.00. The van der Waals surface area contributed by atoms with E-state index >= 15 is 0 Å². The number of likely N-dealkylation sites (tertiary alicyclic amines) is 1. The number of hydrogen-bond donors (Lipinski definition) is 0. The topological polar surface area (TPSA) is 93.9 Å². The Morgan fingerprint density at radius 1 is 1.17 bits per heavy atom. The first-order valence-corrected chi connectivity index (χ1v) is 10.1. The first kappa shape index (κ1) is 21.4. The third-order valence-corrected chi connectivity index (χ3v) is 5.61. The van der Waals surface area contributed by atoms with Crippen LogP contribution in [0.25, 0.3) is 0 Å². The zero-order valence-electron chi connectivity index (χ0n) is 17.6. The molecule has 2 aliphatic rings. The Hall–Kier alpha value is -3.34. The molecule has 2 aliphatic heterocycles. The Morgan fingerprint density at radius 3 is 2.37 bits per heavy atom. The van der Waals surface area contributed by atoms with Gasteiger partial charge in [-0.05, 0) is 25.0 Å². The average molecular weight is 410 g/mol. The smallest absolute Gasteiger partial charge is 0.311 e. The molecule has 1 aromatic rings. The number of nitriles is 1. The number of amides is 1. The predicted molar refractivity (Wildman–Crippen MR) is 111 cm³/mol. The number of piperidine rings is 1. The fourth-order valence-corrected chi connectivity index (χ4v) is 4.00. The molecule has 158 valence electrons. The molecule has 0 aliphatic carbocycles. The van der Waals surface area contributed by atoms with Crippen molar-refractivity contribution in [2.75, 3.05) is 43.6 Å². The highest BCUT2D eigenvalue weighted by Crippen LogP contribution is 2.40. The molecular weight excluding hydrogens is 384 g/mol. The van der Waals surface area contributed by atoms with Crippen molar-refractivity contribution in [1.82, 2.24) is 4.90 Å². The van der Waals surface area contributed by atoms with Crippen LogP contribution in [0, 0.1) is 17.2 Å². The standard InChI is InChI=1S/C22H26N4O4/c1-4-20(28)26-11-7-8-15(13-26)22(29)30-14-19(27)16(12-23)21-24(2)17-9-5-6-10-18(17)25(21)3/h5-6,9-10,15H,4,7-8,11,13-14H2,1-3H3. The van der Waals surface area contributed by atoms with Crippen molar-refractivity contribution in [3.05, 3.63) is 35.7 Å². The monoisotopic (exact) mass is 410 g/mol. The Labute approximate surface area is 176 Å². The fraction of sp³-hybridized carbons (Fsp3) is 0.455. The number of hydrogen-bond acceptors (Lipinski definition) is 7. The summed E-state index contributed by atoms with van der Waals surface area (Å²) in [5.41, 5.74) is 1.71. The number of benzene rings is 1. The molecule has 0 spiro atoms. The molecule has 0 saturated carbocycles. The van der Waals surface area contributed by atoms with Gasteiger partial charge >= 0.3 is 5.97 Å². The molecule has 1 aromatic carbocycles. The van der Waals surface area contributed by atoms with E-state index in [2.05, 4.69) is 0 Å². The van der Waals surface area contributed by atoms with E-state index in [-0.39, 0.29) is 11.5 Å². The van der Waals surface area contributed by atoms with Gasteiger partial charge in [0, 0.05) is 33.6 Å². The number of nitrogens with zero attached hydrogens (tertiary/aromatic N) is 4. The van der Waals surface area contributed by atoms with Gasteiger partial charge in [0.1, 0.15) is 17.5 Å². The second-order valence-electron chi connectivity index (χ2n) is 7.48. The van der Waals surface area contributed by atoms with E-state index in [9.17, 15) is 19.6 Å². The lowest BCUT2D eigenvalue weighted by Gasteiger charge is -2.31. The van der Waals surface area contributed by atoms with Gasteiger partial charge in [0.05, 0.1) is 17.3 Å². The highest BCUT2D eigenvalue weighted by molar-refractivity contribution is 6.03. The van der Waals surface area contributed by atoms with E-state index in [1.807, 2.05) is 30.3 Å². The molecule has 0 radical (unpaired) electrons. The van der Waals surface area contributed by atoms with Crippen LogP contribution in [0.4, 0.5) is 11.4 Å². The summed E-state index contributed by atoms with van der Waals surface area (Å²) in [5, 5.41) is 9.64. The normalized spacial score (nSPS) is 18.0. The molecule has 0 aromatic heterocycles. The number of anilines is 2. The Balaban J connectivity index is 1.68. The van der Waals surface area contributed by atoms with Crippen molar-refractivity contribution >= 4 is 29.0 Å². The molecule has 1 fully saturated rings. The van der Waals surface area contributed by atoms with Crippen LogP contribution in [0.2, 0.25) is 0 Å². The molecule has 8 nitrogen and oxygen atoms in total. The number of carbonyl (C=O) groups is 3. The molecule has 0 bridgehead atoms. The van der Waals surface area contributed by atoms with E-state index in [1.165, 1.54) is 0 Å². The minimum absolute atomic E-state index is 0.00644. The number of rotatable bonds is 5. The first-order chi connectivity index (χ1) is 14.4. The molecule has 1 amide bonds. The van der Waals surface area contributed by atoms with Gasteiger partial charge in [-0.15, -0.1) is 0 Å². The maximum absolute atomic E-state index is 12.7. The number of fused-ring (bicyclic) bond motifs is 1. The van der Waals surface area contributed by atoms with E-state index < -0.39 is 24.3 Å². The number of ether oxygens (including phenoxy) is 1. The van der Waals surface area contributed by atoms with Crippen molar-refractivity contribution in [3.63, 3.8) is 0 Å². The largest absolute Gasteiger partial charge is 0.457 e. The van der Waals surface area contributed by atoms with Gasteiger partial charge in [0.2, 0.25) is 11.7 Å². The molecule has 2 heterocycles. The van der Waals surface area contributed by atoms with Crippen LogP contribution in [0.5, 0.6) is 0 Å². The summed E-state index contributed by atoms with van der Waals surface area (Å²) < 4.78 is 5.25. The number of carbonyl (C=O) groups excluding carboxylic acids is 3. The molecule has 3 rings (SSSR count). The lowest BCUT2D eigenvalue weighted by molar-refractivity contribution is -0.154. The molecule has 8 heteroatoms. The van der Waals surface area contributed by atoms with Gasteiger partial charge in [-0.2, -0.15) is 5.26 Å². The Kier molecular flexibility index (Phi) is 6.40. The summed E-state index contributed by atoms with van der Waals surface area (Å²) in [6.07, 6.45) is 1.73. The molecule has 1 atom stereocenters. The van der Waals surface area contributed by atoms with E-state index in [0.29, 0.717) is 31.8 Å². The summed E-state index contributed by atoms with van der Waals surface area (Å²) in [5.74, 6) is -1.04. The lowest BCUT2D eigenvalue weighted by Crippen LogP contribution is -2.42. The Bertz CT molecular complexity index is 902. The maximum Gasteiger partial charge on any atom is 0.311 e. The molecular formula is C22H26N4O4. The highest BCUT2D eigenvalue weighted by atomic mass is 16.5. The van der Waals surface area contributed by atoms with Gasteiger partial charge in [-0.25, -0.2) is 0 Å². The summed E-state index contributed by atoms with van der Waals surface area (Å²) in [6.45, 7) is 2.24. The lowest BCUT2D eigenvalue weighted by atomic mass is 9.98. The van der Waals surface area contributed by atoms with E-state index in [0.717, 1.165) is 17.8 Å². The number of esters is 1. The molecule has 1 saturated heterocycles. The maximum atomic E-state index is 12.7. The third kappa shape index (κ3) is 4.01. The number of ketones is 1. The van der Waals surface area contributed by atoms with Crippen LogP contribution in [0.1, 0.15) is 26.2 Å². The summed E-state index contributed by atoms with van der Waals surface area (Å²) in [7, 11) is 3.57. The minimum atomic E-state index is -0.551. The third-order valence-electron chi connectivity index (χ3n) is 5.61. The Morgan fingerprint density at radius 2 is 1.80 bits per heavy atom. The molecule has 30 heavy (non-hydrogen) atoms. The van der Waals surface area contributed by atoms with Crippen molar-refractivity contribution in [3.8, 4) is 6.07 Å². The van der Waals surface area contributed by atoms with Crippen molar-refractivity contribution in [2.45, 2.75) is 26.2 Å². The second-order valence-corrected chi connectivity index (χ2v) is 7.48. The van der Waals surface area contributed by atoms with Gasteiger partial charge in [-0.1, -0.05) is 19.1 Å². The van der Waals surface area contributed by atoms with Gasteiger partial charge in [-0.3, -0.25) is 14.4 Å². The van der Waals surface area contributed by atoms with Crippen LogP contribution in [-0.2, 0) is 19.1 Å². The second kappa shape index (κ2) is 8.99. The van der Waals surface area contributed by atoms with Crippen LogP contribution in [0.3, 0.4) is 0 Å². The van der Waals surface area contributed by atoms with Crippen molar-refractivity contribution in [2.24, 2.45) is 5.92 Å². The van der Waals surface area contributed by atoms with E-state index in [4.69, 9.17) is 4.74 Å². The molecule has 1 unspecified atom stereocenters. The van der Waals surface area contributed by atoms with Gasteiger partial charge in [0.25, 0.3) is 0 Å². The highest BCUT2D eigenvalue weighted by Gasteiger charge is 2.33. The summed E-state index contributed by atoms with van der Waals surface area (Å²) >= 11 is 0. The van der Waals surface area contributed by atoms with E-state index in [1.54, 1.807) is 35.7 Å². The van der Waals surface area contributed by atoms with Crippen LogP contribution < -0.4 is 9.80 Å². The van der Waals surface area contributed by atoms with Gasteiger partial charge < -0.3 is 19.4 Å². The van der Waals surface area contributed by atoms with Crippen LogP contribution >= 0.6 is 0 Å². The quantitative estimate of drug-likeness (QED) is 0.417. The summed E-state index contributed by atoms with van der Waals surface area (Å²) in [4.78, 5) is 42.3. The zero-order valence-corrected chi connectivity index (χ0v) is 17.6. The molecule has 0 N–H and O–H groups in total. The summed E-state index contributed by atoms with van der Waals surface area (Å²) in [6, 6.07) is 9.56. The minimum Gasteiger partial charge on any atom is -0.457 e.